The Hall–Kier alpha value is -0.910. The summed E-state index contributed by atoms with van der Waals surface area (Å²) in [5.41, 5.74) is 3.92. The van der Waals surface area contributed by atoms with Crippen molar-refractivity contribution in [2.24, 2.45) is 0 Å². The maximum atomic E-state index is 11.1. The van der Waals surface area contributed by atoms with E-state index >= 15 is 0 Å². The second kappa shape index (κ2) is 6.62. The third-order valence-corrected chi connectivity index (χ3v) is 2.73. The van der Waals surface area contributed by atoms with Crippen LogP contribution < -0.4 is 5.43 Å². The molecule has 0 radical (unpaired) electrons. The number of carbonyl (C=O) groups is 1. The van der Waals surface area contributed by atoms with Crippen LogP contribution in [0.15, 0.2) is 11.6 Å². The molecule has 1 heterocycles. The summed E-state index contributed by atoms with van der Waals surface area (Å²) in [6.07, 6.45) is 1.85. The van der Waals surface area contributed by atoms with Gasteiger partial charge in [0.1, 0.15) is 0 Å². The van der Waals surface area contributed by atoms with Gasteiger partial charge >= 0.3 is 5.97 Å². The number of nitrogens with zero attached hydrogens (tertiary/aromatic N) is 2. The molecule has 1 aliphatic rings. The van der Waals surface area contributed by atoms with E-state index in [-0.39, 0.29) is 5.97 Å². The van der Waals surface area contributed by atoms with Crippen molar-refractivity contribution in [1.82, 2.24) is 15.3 Å². The molecule has 1 aliphatic heterocycles. The molecule has 0 unspecified atom stereocenters. The molecule has 1 N–H and O–H groups in total. The summed E-state index contributed by atoms with van der Waals surface area (Å²) in [5.74, 6) is -0.264. The van der Waals surface area contributed by atoms with Crippen LogP contribution in [-0.4, -0.2) is 62.8 Å². The van der Waals surface area contributed by atoms with Crippen LogP contribution in [0, 0.1) is 0 Å². The number of ether oxygens (including phenoxy) is 1. The predicted molar refractivity (Wildman–Crippen MR) is 62.8 cm³/mol. The Morgan fingerprint density at radius 3 is 2.56 bits per heavy atom. The molecule has 92 valence electrons. The lowest BCUT2D eigenvalue weighted by Gasteiger charge is -2.32. The molecule has 5 heteroatoms. The Bertz CT molecular complexity index is 258. The minimum atomic E-state index is -0.264. The van der Waals surface area contributed by atoms with Gasteiger partial charge in [-0.05, 0) is 14.0 Å². The summed E-state index contributed by atoms with van der Waals surface area (Å²) in [7, 11) is 3.52. The molecule has 0 aromatic carbocycles. The lowest BCUT2D eigenvalue weighted by atomic mass is 10.3. The van der Waals surface area contributed by atoms with Crippen LogP contribution in [0.1, 0.15) is 6.92 Å². The van der Waals surface area contributed by atoms with Crippen LogP contribution in [0.25, 0.3) is 0 Å². The molecule has 0 aromatic rings. The first-order valence-corrected chi connectivity index (χ1v) is 5.55. The highest BCUT2D eigenvalue weighted by Gasteiger charge is 2.12. The van der Waals surface area contributed by atoms with Crippen LogP contribution in [0.4, 0.5) is 0 Å². The molecular formula is C11H21N3O2. The van der Waals surface area contributed by atoms with Gasteiger partial charge in [-0.3, -0.25) is 5.43 Å². The highest BCUT2D eigenvalue weighted by atomic mass is 16.5. The van der Waals surface area contributed by atoms with Gasteiger partial charge in [0.25, 0.3) is 0 Å². The van der Waals surface area contributed by atoms with Crippen LogP contribution in [-0.2, 0) is 9.53 Å². The largest absolute Gasteiger partial charge is 0.466 e. The van der Waals surface area contributed by atoms with Crippen molar-refractivity contribution in [1.29, 1.82) is 0 Å². The van der Waals surface area contributed by atoms with Crippen molar-refractivity contribution in [2.45, 2.75) is 6.92 Å². The first-order valence-electron chi connectivity index (χ1n) is 5.55. The number of hydrogen-bond donors (Lipinski definition) is 1. The van der Waals surface area contributed by atoms with Crippen LogP contribution >= 0.6 is 0 Å². The molecule has 0 atom stereocenters. The Morgan fingerprint density at radius 2 is 2.00 bits per heavy atom. The number of methoxy groups -OCH3 is 1. The SMILES string of the molecule is COC(=O)C(C)=CCNN1CCN(C)CC1. The van der Waals surface area contributed by atoms with Gasteiger partial charge < -0.3 is 9.64 Å². The van der Waals surface area contributed by atoms with Crippen LogP contribution in [0.2, 0.25) is 0 Å². The fourth-order valence-corrected chi connectivity index (χ4v) is 1.54. The maximum Gasteiger partial charge on any atom is 0.333 e. The smallest absolute Gasteiger partial charge is 0.333 e. The van der Waals surface area contributed by atoms with E-state index in [9.17, 15) is 4.79 Å². The number of rotatable bonds is 4. The highest BCUT2D eigenvalue weighted by molar-refractivity contribution is 5.87. The Morgan fingerprint density at radius 1 is 1.38 bits per heavy atom. The molecule has 1 fully saturated rings. The molecular weight excluding hydrogens is 206 g/mol. The van der Waals surface area contributed by atoms with E-state index in [0.717, 1.165) is 26.2 Å². The first kappa shape index (κ1) is 13.2. The van der Waals surface area contributed by atoms with E-state index in [1.807, 2.05) is 6.08 Å². The number of nitrogens with one attached hydrogen (secondary N) is 1. The van der Waals surface area contributed by atoms with Gasteiger partial charge in [-0.1, -0.05) is 6.08 Å². The quantitative estimate of drug-likeness (QED) is 0.535. The van der Waals surface area contributed by atoms with E-state index in [4.69, 9.17) is 0 Å². The van der Waals surface area contributed by atoms with E-state index in [2.05, 4.69) is 27.1 Å². The Labute approximate surface area is 97.0 Å². The van der Waals surface area contributed by atoms with E-state index in [1.165, 1.54) is 7.11 Å². The van der Waals surface area contributed by atoms with Gasteiger partial charge in [-0.15, -0.1) is 0 Å². The fourth-order valence-electron chi connectivity index (χ4n) is 1.54. The number of esters is 1. The van der Waals surface area contributed by atoms with Gasteiger partial charge in [0.05, 0.1) is 7.11 Å². The molecule has 0 amide bonds. The van der Waals surface area contributed by atoms with Gasteiger partial charge in [0, 0.05) is 38.3 Å². The maximum absolute atomic E-state index is 11.1. The fraction of sp³-hybridized carbons (Fsp3) is 0.727. The van der Waals surface area contributed by atoms with E-state index in [0.29, 0.717) is 12.1 Å². The molecule has 16 heavy (non-hydrogen) atoms. The monoisotopic (exact) mass is 227 g/mol. The molecule has 0 saturated carbocycles. The lowest BCUT2D eigenvalue weighted by molar-refractivity contribution is -0.136. The Balaban J connectivity index is 2.22. The van der Waals surface area contributed by atoms with Crippen molar-refractivity contribution in [3.05, 3.63) is 11.6 Å². The third-order valence-electron chi connectivity index (χ3n) is 2.73. The molecule has 1 rings (SSSR count). The standard InChI is InChI=1S/C11H21N3O2/c1-10(11(15)16-3)4-5-12-14-8-6-13(2)7-9-14/h4,12H,5-9H2,1-3H3. The zero-order chi connectivity index (χ0) is 12.0. The average molecular weight is 227 g/mol. The number of piperazine rings is 1. The van der Waals surface area contributed by atoms with Crippen molar-refractivity contribution in [2.75, 3.05) is 46.9 Å². The summed E-state index contributed by atoms with van der Waals surface area (Å²) < 4.78 is 4.61. The number of hydrazine groups is 1. The summed E-state index contributed by atoms with van der Waals surface area (Å²) in [6, 6.07) is 0. The second-order valence-corrected chi connectivity index (χ2v) is 4.03. The zero-order valence-corrected chi connectivity index (χ0v) is 10.3. The van der Waals surface area contributed by atoms with Gasteiger partial charge in [-0.2, -0.15) is 0 Å². The topological polar surface area (TPSA) is 44.8 Å². The first-order chi connectivity index (χ1) is 7.63. The van der Waals surface area contributed by atoms with Gasteiger partial charge in [0.2, 0.25) is 0 Å². The van der Waals surface area contributed by atoms with E-state index in [1.54, 1.807) is 6.92 Å². The summed E-state index contributed by atoms with van der Waals surface area (Å²) in [4.78, 5) is 13.4. The van der Waals surface area contributed by atoms with Crippen LogP contribution in [0.3, 0.4) is 0 Å². The number of carbonyl (C=O) groups excluding carboxylic acids is 1. The molecule has 0 spiro atoms. The average Bonchev–Trinajstić information content (AvgIpc) is 2.30. The minimum Gasteiger partial charge on any atom is -0.466 e. The predicted octanol–water partition coefficient (Wildman–Crippen LogP) is -0.142. The Kier molecular flexibility index (Phi) is 5.45. The highest BCUT2D eigenvalue weighted by Crippen LogP contribution is 1.97. The molecule has 0 bridgehead atoms. The van der Waals surface area contributed by atoms with Crippen molar-refractivity contribution in [3.63, 3.8) is 0 Å². The number of hydrogen-bond acceptors (Lipinski definition) is 5. The normalized spacial score (nSPS) is 19.8. The zero-order valence-electron chi connectivity index (χ0n) is 10.3. The molecule has 0 aliphatic carbocycles. The number of likely N-dealkylation sites (N-methyl/N-ethyl adjacent to an activating group) is 1. The molecule has 5 nitrogen and oxygen atoms in total. The van der Waals surface area contributed by atoms with Crippen LogP contribution in [0.5, 0.6) is 0 Å². The third kappa shape index (κ3) is 4.30. The van der Waals surface area contributed by atoms with E-state index < -0.39 is 0 Å². The molecule has 1 saturated heterocycles. The summed E-state index contributed by atoms with van der Waals surface area (Å²) in [5, 5.41) is 2.18. The van der Waals surface area contributed by atoms with Crippen molar-refractivity contribution < 1.29 is 9.53 Å². The summed E-state index contributed by atoms with van der Waals surface area (Å²) in [6.45, 7) is 6.62. The van der Waals surface area contributed by atoms with Gasteiger partial charge in [0.15, 0.2) is 0 Å². The van der Waals surface area contributed by atoms with Gasteiger partial charge in [-0.25, -0.2) is 9.80 Å². The second-order valence-electron chi connectivity index (χ2n) is 4.03. The minimum absolute atomic E-state index is 0.264. The lowest BCUT2D eigenvalue weighted by Crippen LogP contribution is -2.50. The summed E-state index contributed by atoms with van der Waals surface area (Å²) >= 11 is 0. The van der Waals surface area contributed by atoms with Crippen molar-refractivity contribution in [3.8, 4) is 0 Å². The molecule has 0 aromatic heterocycles. The van der Waals surface area contributed by atoms with Crippen molar-refractivity contribution >= 4 is 5.97 Å².